The van der Waals surface area contributed by atoms with Crippen molar-refractivity contribution < 1.29 is 14.6 Å². The fraction of sp³-hybridized carbons (Fsp3) is 0.562. The number of anilines is 1. The zero-order chi connectivity index (χ0) is 15.9. The van der Waals surface area contributed by atoms with Crippen LogP contribution < -0.4 is 10.6 Å². The van der Waals surface area contributed by atoms with Crippen molar-refractivity contribution in [3.05, 3.63) is 29.8 Å². The van der Waals surface area contributed by atoms with E-state index in [9.17, 15) is 9.90 Å². The van der Waals surface area contributed by atoms with Gasteiger partial charge in [0.1, 0.15) is 0 Å². The van der Waals surface area contributed by atoms with E-state index in [1.165, 1.54) is 0 Å². The van der Waals surface area contributed by atoms with E-state index in [4.69, 9.17) is 4.74 Å². The summed E-state index contributed by atoms with van der Waals surface area (Å²) in [6, 6.07) is 7.25. The van der Waals surface area contributed by atoms with Crippen LogP contribution in [-0.4, -0.2) is 42.9 Å². The number of ether oxygens (including phenoxy) is 1. The van der Waals surface area contributed by atoms with Crippen LogP contribution in [0.3, 0.4) is 0 Å². The predicted octanol–water partition coefficient (Wildman–Crippen LogP) is 1.70. The topological polar surface area (TPSA) is 70.6 Å². The van der Waals surface area contributed by atoms with Gasteiger partial charge in [0.25, 0.3) is 0 Å². The minimum absolute atomic E-state index is 0.124. The maximum atomic E-state index is 12.0. The average molecular weight is 294 g/mol. The molecule has 1 rings (SSSR count). The van der Waals surface area contributed by atoms with E-state index in [0.717, 1.165) is 11.3 Å². The van der Waals surface area contributed by atoms with E-state index in [1.54, 1.807) is 21.0 Å². The highest BCUT2D eigenvalue weighted by molar-refractivity contribution is 5.94. The summed E-state index contributed by atoms with van der Waals surface area (Å²) in [5.41, 5.74) is 1.02. The quantitative estimate of drug-likeness (QED) is 0.682. The molecule has 0 saturated carbocycles. The van der Waals surface area contributed by atoms with Crippen molar-refractivity contribution in [3.8, 4) is 0 Å². The van der Waals surface area contributed by atoms with Crippen LogP contribution in [0.1, 0.15) is 25.8 Å². The van der Waals surface area contributed by atoms with E-state index >= 15 is 0 Å². The minimum atomic E-state index is -0.894. The molecule has 1 amide bonds. The Morgan fingerprint density at radius 1 is 1.38 bits per heavy atom. The summed E-state index contributed by atoms with van der Waals surface area (Å²) in [5.74, 6) is -0.124. The second-order valence-corrected chi connectivity index (χ2v) is 5.70. The lowest BCUT2D eigenvalue weighted by molar-refractivity contribution is -0.118. The van der Waals surface area contributed by atoms with E-state index in [2.05, 4.69) is 10.6 Å². The molecule has 1 aromatic rings. The van der Waals surface area contributed by atoms with Gasteiger partial charge in [0.2, 0.25) is 5.91 Å². The van der Waals surface area contributed by atoms with Crippen LogP contribution in [0.25, 0.3) is 0 Å². The van der Waals surface area contributed by atoms with Gasteiger partial charge in [0, 0.05) is 32.4 Å². The van der Waals surface area contributed by atoms with Crippen LogP contribution in [0.5, 0.6) is 0 Å². The number of carbonyl (C=O) groups excluding carboxylic acids is 1. The van der Waals surface area contributed by atoms with Crippen molar-refractivity contribution in [2.24, 2.45) is 0 Å². The molecule has 21 heavy (non-hydrogen) atoms. The maximum absolute atomic E-state index is 12.0. The van der Waals surface area contributed by atoms with Gasteiger partial charge in [0.15, 0.2) is 0 Å². The fourth-order valence-corrected chi connectivity index (χ4v) is 1.76. The maximum Gasteiger partial charge on any atom is 0.241 e. The minimum Gasteiger partial charge on any atom is -0.389 e. The summed E-state index contributed by atoms with van der Waals surface area (Å²) in [5, 5.41) is 16.0. The van der Waals surface area contributed by atoms with Crippen molar-refractivity contribution in [1.29, 1.82) is 0 Å². The summed E-state index contributed by atoms with van der Waals surface area (Å²) in [7, 11) is 1.60. The smallest absolute Gasteiger partial charge is 0.241 e. The van der Waals surface area contributed by atoms with Gasteiger partial charge in [0.05, 0.1) is 11.6 Å². The molecule has 1 aromatic carbocycles. The molecule has 0 bridgehead atoms. The van der Waals surface area contributed by atoms with Crippen LogP contribution in [0.4, 0.5) is 5.69 Å². The van der Waals surface area contributed by atoms with E-state index in [0.29, 0.717) is 19.6 Å². The van der Waals surface area contributed by atoms with E-state index in [1.807, 2.05) is 31.2 Å². The first-order chi connectivity index (χ1) is 9.84. The summed E-state index contributed by atoms with van der Waals surface area (Å²) >= 11 is 0. The third-order valence-corrected chi connectivity index (χ3v) is 3.35. The number of amides is 1. The first-order valence-electron chi connectivity index (χ1n) is 7.16. The van der Waals surface area contributed by atoms with E-state index < -0.39 is 5.60 Å². The molecule has 0 aliphatic rings. The molecule has 5 heteroatoms. The van der Waals surface area contributed by atoms with Gasteiger partial charge < -0.3 is 20.5 Å². The number of aliphatic hydroxyl groups is 1. The van der Waals surface area contributed by atoms with Crippen LogP contribution in [-0.2, 0) is 9.53 Å². The fourth-order valence-electron chi connectivity index (χ4n) is 1.76. The van der Waals surface area contributed by atoms with Gasteiger partial charge in [-0.3, -0.25) is 4.79 Å². The number of nitrogens with one attached hydrogen (secondary N) is 2. The predicted molar refractivity (Wildman–Crippen MR) is 84.4 cm³/mol. The van der Waals surface area contributed by atoms with Gasteiger partial charge in [-0.25, -0.2) is 0 Å². The summed E-state index contributed by atoms with van der Waals surface area (Å²) in [6.45, 7) is 6.31. The summed E-state index contributed by atoms with van der Waals surface area (Å²) in [6.07, 6.45) is 0.517. The molecule has 0 fully saturated rings. The number of aryl methyl sites for hydroxylation is 1. The highest BCUT2D eigenvalue weighted by Crippen LogP contribution is 2.10. The van der Waals surface area contributed by atoms with Crippen molar-refractivity contribution >= 4 is 11.6 Å². The highest BCUT2D eigenvalue weighted by atomic mass is 16.5. The van der Waals surface area contributed by atoms with Gasteiger partial charge in [-0.1, -0.05) is 17.7 Å². The number of rotatable bonds is 8. The molecule has 3 N–H and O–H groups in total. The lowest BCUT2D eigenvalue weighted by atomic mass is 10.0. The van der Waals surface area contributed by atoms with Gasteiger partial charge in [-0.05, 0) is 32.9 Å². The number of methoxy groups -OCH3 is 1. The number of benzene rings is 1. The SMILES string of the molecule is COCCC(C)(O)CNC(C)C(=O)Nc1ccc(C)cc1. The first-order valence-corrected chi connectivity index (χ1v) is 7.16. The number of carbonyl (C=O) groups is 1. The molecule has 0 aliphatic carbocycles. The molecule has 2 atom stereocenters. The highest BCUT2D eigenvalue weighted by Gasteiger charge is 2.22. The van der Waals surface area contributed by atoms with Crippen LogP contribution in [0.15, 0.2) is 24.3 Å². The Labute approximate surface area is 126 Å². The van der Waals surface area contributed by atoms with Crippen molar-refractivity contribution in [2.45, 2.75) is 38.8 Å². The Kier molecular flexibility index (Phi) is 6.81. The second-order valence-electron chi connectivity index (χ2n) is 5.70. The number of hydrogen-bond donors (Lipinski definition) is 3. The molecular weight excluding hydrogens is 268 g/mol. The molecule has 0 spiro atoms. The lowest BCUT2D eigenvalue weighted by Crippen LogP contribution is -2.46. The van der Waals surface area contributed by atoms with Crippen molar-refractivity contribution in [2.75, 3.05) is 25.6 Å². The van der Waals surface area contributed by atoms with Gasteiger partial charge in [-0.15, -0.1) is 0 Å². The molecule has 2 unspecified atom stereocenters. The van der Waals surface area contributed by atoms with Crippen molar-refractivity contribution in [1.82, 2.24) is 5.32 Å². The van der Waals surface area contributed by atoms with Crippen LogP contribution in [0.2, 0.25) is 0 Å². The lowest BCUT2D eigenvalue weighted by Gasteiger charge is -2.25. The molecule has 0 aliphatic heterocycles. The molecular formula is C16H26N2O3. The number of hydrogen-bond acceptors (Lipinski definition) is 4. The Hall–Kier alpha value is -1.43. The summed E-state index contributed by atoms with van der Waals surface area (Å²) in [4.78, 5) is 12.0. The third kappa shape index (κ3) is 6.71. The van der Waals surface area contributed by atoms with Crippen LogP contribution >= 0.6 is 0 Å². The average Bonchev–Trinajstić information content (AvgIpc) is 2.45. The monoisotopic (exact) mass is 294 g/mol. The Morgan fingerprint density at radius 2 is 2.00 bits per heavy atom. The van der Waals surface area contributed by atoms with E-state index in [-0.39, 0.29) is 11.9 Å². The third-order valence-electron chi connectivity index (χ3n) is 3.35. The second kappa shape index (κ2) is 8.12. The Balaban J connectivity index is 2.42. The van der Waals surface area contributed by atoms with Gasteiger partial charge >= 0.3 is 0 Å². The Bertz CT molecular complexity index is 443. The zero-order valence-electron chi connectivity index (χ0n) is 13.3. The molecule has 0 saturated heterocycles. The van der Waals surface area contributed by atoms with Crippen molar-refractivity contribution in [3.63, 3.8) is 0 Å². The standard InChI is InChI=1S/C16H26N2O3/c1-12-5-7-14(8-6-12)18-15(19)13(2)17-11-16(3,20)9-10-21-4/h5-8,13,17,20H,9-11H2,1-4H3,(H,18,19). The van der Waals surface area contributed by atoms with Gasteiger partial charge in [-0.2, -0.15) is 0 Å². The zero-order valence-corrected chi connectivity index (χ0v) is 13.3. The summed E-state index contributed by atoms with van der Waals surface area (Å²) < 4.78 is 4.95. The normalized spacial score (nSPS) is 15.3. The molecule has 5 nitrogen and oxygen atoms in total. The van der Waals surface area contributed by atoms with Crippen LogP contribution in [0, 0.1) is 6.92 Å². The Morgan fingerprint density at radius 3 is 2.57 bits per heavy atom. The first kappa shape index (κ1) is 17.6. The molecule has 0 heterocycles. The largest absolute Gasteiger partial charge is 0.389 e. The molecule has 118 valence electrons. The molecule has 0 aromatic heterocycles. The molecule has 0 radical (unpaired) electrons.